The molecule has 13 heavy (non-hydrogen) atoms. The number of hydrogen-bond donors (Lipinski definition) is 3. The molecule has 5 atom stereocenters. The molecule has 0 spiro atoms. The number of ether oxygens (including phenoxy) is 2. The first-order valence-corrected chi connectivity index (χ1v) is 3.79. The van der Waals surface area contributed by atoms with Crippen molar-refractivity contribution in [1.82, 2.24) is 0 Å². The number of aliphatic hydroxyl groups is 3. The van der Waals surface area contributed by atoms with Crippen molar-refractivity contribution in [2.24, 2.45) is 0 Å². The largest absolute Gasteiger partial charge is 0.387 e. The fourth-order valence-corrected chi connectivity index (χ4v) is 1.18. The maximum atomic E-state index is 10.4. The molecule has 0 aliphatic carbocycles. The number of rotatable bonds is 2. The summed E-state index contributed by atoms with van der Waals surface area (Å²) in [4.78, 5) is 10.4. The molecule has 76 valence electrons. The van der Waals surface area contributed by atoms with Crippen LogP contribution in [-0.2, 0) is 14.3 Å². The number of methoxy groups -OCH3 is 1. The van der Waals surface area contributed by atoms with E-state index in [0.717, 1.165) is 0 Å². The second kappa shape index (κ2) is 4.12. The Labute approximate surface area is 74.7 Å². The molecule has 1 heterocycles. The Morgan fingerprint density at radius 3 is 2.31 bits per heavy atom. The van der Waals surface area contributed by atoms with Gasteiger partial charge in [-0.05, 0) is 0 Å². The Morgan fingerprint density at radius 2 is 1.85 bits per heavy atom. The van der Waals surface area contributed by atoms with E-state index in [9.17, 15) is 20.1 Å². The lowest BCUT2D eigenvalue weighted by Crippen LogP contribution is -2.58. The van der Waals surface area contributed by atoms with E-state index in [2.05, 4.69) is 4.74 Å². The monoisotopic (exact) mass is 192 g/mol. The summed E-state index contributed by atoms with van der Waals surface area (Å²) < 4.78 is 9.48. The molecule has 0 saturated carbocycles. The lowest BCUT2D eigenvalue weighted by atomic mass is 10.00. The normalized spacial score (nSPS) is 46.0. The number of aliphatic hydroxyl groups excluding tert-OH is 3. The quantitative estimate of drug-likeness (QED) is 0.423. The van der Waals surface area contributed by atoms with Crippen LogP contribution in [0.2, 0.25) is 0 Å². The first-order chi connectivity index (χ1) is 6.11. The third kappa shape index (κ3) is 1.87. The molecule has 0 aromatic heterocycles. The van der Waals surface area contributed by atoms with Crippen LogP contribution in [0.3, 0.4) is 0 Å². The summed E-state index contributed by atoms with van der Waals surface area (Å²) in [5.74, 6) is 0. The van der Waals surface area contributed by atoms with Crippen molar-refractivity contribution in [3.05, 3.63) is 0 Å². The maximum absolute atomic E-state index is 10.4. The highest BCUT2D eigenvalue weighted by Crippen LogP contribution is 2.20. The van der Waals surface area contributed by atoms with E-state index in [0.29, 0.717) is 6.29 Å². The van der Waals surface area contributed by atoms with Crippen molar-refractivity contribution in [3.63, 3.8) is 0 Å². The van der Waals surface area contributed by atoms with Crippen LogP contribution >= 0.6 is 0 Å². The lowest BCUT2D eigenvalue weighted by Gasteiger charge is -2.37. The second-order valence-corrected chi connectivity index (χ2v) is 2.81. The zero-order valence-electron chi connectivity index (χ0n) is 7.03. The van der Waals surface area contributed by atoms with Gasteiger partial charge in [-0.25, -0.2) is 0 Å². The topological polar surface area (TPSA) is 96.2 Å². The molecule has 0 aromatic rings. The van der Waals surface area contributed by atoms with Crippen molar-refractivity contribution in [1.29, 1.82) is 0 Å². The Hall–Kier alpha value is -0.530. The molecule has 0 radical (unpaired) electrons. The van der Waals surface area contributed by atoms with Gasteiger partial charge in [-0.3, -0.25) is 0 Å². The number of aldehydes is 1. The van der Waals surface area contributed by atoms with Gasteiger partial charge in [0.05, 0.1) is 0 Å². The molecule has 6 heteroatoms. The second-order valence-electron chi connectivity index (χ2n) is 2.81. The van der Waals surface area contributed by atoms with Crippen LogP contribution in [0.5, 0.6) is 0 Å². The summed E-state index contributed by atoms with van der Waals surface area (Å²) in [7, 11) is 1.26. The molecule has 1 rings (SSSR count). The minimum Gasteiger partial charge on any atom is -0.387 e. The zero-order chi connectivity index (χ0) is 10.0. The molecule has 1 saturated heterocycles. The average Bonchev–Trinajstić information content (AvgIpc) is 2.15. The van der Waals surface area contributed by atoms with Crippen LogP contribution in [0.15, 0.2) is 0 Å². The average molecular weight is 192 g/mol. The standard InChI is InChI=1S/C7H12O6/c1-12-7-6(11)5(10)4(9)3(2-8)13-7/h2-7,9-11H,1H3/t3-,4-,5+,6-,7+/m1/s1. The van der Waals surface area contributed by atoms with Crippen LogP contribution in [0, 0.1) is 0 Å². The molecule has 0 aromatic carbocycles. The first kappa shape index (κ1) is 10.6. The van der Waals surface area contributed by atoms with E-state index in [1.54, 1.807) is 0 Å². The summed E-state index contributed by atoms with van der Waals surface area (Å²) in [6, 6.07) is 0. The van der Waals surface area contributed by atoms with Crippen molar-refractivity contribution < 1.29 is 29.6 Å². The fourth-order valence-electron chi connectivity index (χ4n) is 1.18. The van der Waals surface area contributed by atoms with Crippen LogP contribution in [0.1, 0.15) is 0 Å². The van der Waals surface area contributed by atoms with Gasteiger partial charge in [-0.15, -0.1) is 0 Å². The van der Waals surface area contributed by atoms with Gasteiger partial charge in [0.25, 0.3) is 0 Å². The predicted molar refractivity (Wildman–Crippen MR) is 39.8 cm³/mol. The number of carbonyl (C=O) groups is 1. The Kier molecular flexibility index (Phi) is 3.34. The summed E-state index contributed by atoms with van der Waals surface area (Å²) in [5.41, 5.74) is 0. The van der Waals surface area contributed by atoms with E-state index >= 15 is 0 Å². The van der Waals surface area contributed by atoms with Crippen molar-refractivity contribution in [3.8, 4) is 0 Å². The van der Waals surface area contributed by atoms with Crippen molar-refractivity contribution in [2.45, 2.75) is 30.7 Å². The zero-order valence-corrected chi connectivity index (χ0v) is 7.03. The summed E-state index contributed by atoms with van der Waals surface area (Å²) >= 11 is 0. The molecule has 6 nitrogen and oxygen atoms in total. The summed E-state index contributed by atoms with van der Waals surface area (Å²) in [6.07, 6.45) is -6.10. The van der Waals surface area contributed by atoms with Crippen molar-refractivity contribution >= 4 is 6.29 Å². The lowest BCUT2D eigenvalue weighted by molar-refractivity contribution is -0.280. The van der Waals surface area contributed by atoms with E-state index in [1.807, 2.05) is 0 Å². The highest BCUT2D eigenvalue weighted by molar-refractivity contribution is 5.57. The molecule has 1 aliphatic heterocycles. The van der Waals surface area contributed by atoms with E-state index < -0.39 is 30.7 Å². The third-order valence-corrected chi connectivity index (χ3v) is 1.97. The van der Waals surface area contributed by atoms with Crippen LogP contribution < -0.4 is 0 Å². The summed E-state index contributed by atoms with van der Waals surface area (Å²) in [6.45, 7) is 0. The van der Waals surface area contributed by atoms with Crippen LogP contribution in [0.4, 0.5) is 0 Å². The molecule has 1 aliphatic rings. The Bertz CT molecular complexity index is 182. The SMILES string of the molecule is CO[C@H]1O[C@H](C=O)[C@@H](O)[C@H](O)[C@H]1O. The van der Waals surface area contributed by atoms with Crippen LogP contribution in [-0.4, -0.2) is 59.4 Å². The Morgan fingerprint density at radius 1 is 1.23 bits per heavy atom. The molecule has 0 unspecified atom stereocenters. The molecule has 0 bridgehead atoms. The van der Waals surface area contributed by atoms with Gasteiger partial charge in [0.15, 0.2) is 12.6 Å². The fraction of sp³-hybridized carbons (Fsp3) is 0.857. The minimum absolute atomic E-state index is 0.353. The van der Waals surface area contributed by atoms with Crippen molar-refractivity contribution in [2.75, 3.05) is 7.11 Å². The third-order valence-electron chi connectivity index (χ3n) is 1.97. The smallest absolute Gasteiger partial charge is 0.186 e. The van der Waals surface area contributed by atoms with Gasteiger partial charge in [-0.2, -0.15) is 0 Å². The van der Waals surface area contributed by atoms with Gasteiger partial charge in [-0.1, -0.05) is 0 Å². The van der Waals surface area contributed by atoms with Gasteiger partial charge in [0.2, 0.25) is 0 Å². The van der Waals surface area contributed by atoms with Gasteiger partial charge < -0.3 is 29.6 Å². The van der Waals surface area contributed by atoms with E-state index in [-0.39, 0.29) is 0 Å². The summed E-state index contributed by atoms with van der Waals surface area (Å²) in [5, 5.41) is 27.7. The first-order valence-electron chi connectivity index (χ1n) is 3.79. The number of hydrogen-bond acceptors (Lipinski definition) is 6. The van der Waals surface area contributed by atoms with E-state index in [1.165, 1.54) is 7.11 Å². The molecular weight excluding hydrogens is 180 g/mol. The van der Waals surface area contributed by atoms with Crippen LogP contribution in [0.25, 0.3) is 0 Å². The molecule has 3 N–H and O–H groups in total. The Balaban J connectivity index is 2.71. The molecular formula is C7H12O6. The maximum Gasteiger partial charge on any atom is 0.186 e. The van der Waals surface area contributed by atoms with Gasteiger partial charge in [0.1, 0.15) is 24.4 Å². The molecule has 1 fully saturated rings. The minimum atomic E-state index is -1.44. The number of carbonyl (C=O) groups excluding carboxylic acids is 1. The van der Waals surface area contributed by atoms with Gasteiger partial charge >= 0.3 is 0 Å². The van der Waals surface area contributed by atoms with E-state index in [4.69, 9.17) is 4.74 Å². The van der Waals surface area contributed by atoms with Gasteiger partial charge in [0, 0.05) is 7.11 Å². The molecule has 0 amide bonds. The highest BCUT2D eigenvalue weighted by atomic mass is 16.7. The highest BCUT2D eigenvalue weighted by Gasteiger charge is 2.43. The predicted octanol–water partition coefficient (Wildman–Crippen LogP) is -2.36.